The molecule has 0 aromatic rings. The van der Waals surface area contributed by atoms with Gasteiger partial charge in [0.25, 0.3) is 0 Å². The minimum atomic E-state index is -0.0172. The van der Waals surface area contributed by atoms with Gasteiger partial charge < -0.3 is 37.2 Å². The summed E-state index contributed by atoms with van der Waals surface area (Å²) in [5.41, 5.74) is -0.0344. The van der Waals surface area contributed by atoms with Crippen LogP contribution in [-0.4, -0.2) is 16.1 Å². The summed E-state index contributed by atoms with van der Waals surface area (Å²) in [5.74, 6) is 0. The minimum Gasteiger partial charge on any atom is -1.00 e. The van der Waals surface area contributed by atoms with Crippen molar-refractivity contribution in [2.45, 2.75) is 58.0 Å². The molecule has 0 amide bonds. The molecule has 0 aromatic carbocycles. The van der Waals surface area contributed by atoms with E-state index in [0.29, 0.717) is 0 Å². The van der Waals surface area contributed by atoms with Crippen molar-refractivity contribution < 1.29 is 93.3 Å². The summed E-state index contributed by atoms with van der Waals surface area (Å²) in [6, 6.07) is 0. The molecule has 0 atom stereocenters. The van der Waals surface area contributed by atoms with Gasteiger partial charge in [0.2, 0.25) is 0 Å². The Morgan fingerprint density at radius 2 is 1.28 bits per heavy atom. The summed E-state index contributed by atoms with van der Waals surface area (Å²) in [6.45, 7) is 8.52. The van der Waals surface area contributed by atoms with Crippen LogP contribution in [0.15, 0.2) is 0 Å². The van der Waals surface area contributed by atoms with Crippen molar-refractivity contribution in [3.05, 3.63) is 0 Å². The molecule has 1 saturated heterocycles. The van der Waals surface area contributed by atoms with E-state index in [2.05, 4.69) is 32.1 Å². The van der Waals surface area contributed by atoms with Crippen LogP contribution >= 0.6 is 11.9 Å². The second kappa shape index (κ2) is 13.2. The summed E-state index contributed by atoms with van der Waals surface area (Å²) >= 11 is 5.13. The van der Waals surface area contributed by atoms with Gasteiger partial charge in [-0.25, -0.2) is 0 Å². The molecule has 0 saturated carbocycles. The van der Waals surface area contributed by atoms with Crippen molar-refractivity contribution in [1.82, 2.24) is 5.06 Å². The van der Waals surface area contributed by atoms with Crippen molar-refractivity contribution in [2.75, 3.05) is 0 Å². The van der Waals surface area contributed by atoms with Crippen LogP contribution in [0.2, 0.25) is 0 Å². The average Bonchev–Trinajstić information content (AvgIpc) is 1.96. The van der Waals surface area contributed by atoms with Crippen LogP contribution in [0.1, 0.15) is 47.0 Å². The van der Waals surface area contributed by atoms with E-state index in [4.69, 9.17) is 16.9 Å². The van der Waals surface area contributed by atoms with Gasteiger partial charge in [-0.1, -0.05) is 0 Å². The molecule has 0 unspecified atom stereocenters. The van der Waals surface area contributed by atoms with Crippen molar-refractivity contribution in [3.63, 3.8) is 0 Å². The van der Waals surface area contributed by atoms with Gasteiger partial charge in [-0.2, -0.15) is 0 Å². The van der Waals surface area contributed by atoms with E-state index in [9.17, 15) is 0 Å². The fourth-order valence-electron chi connectivity index (χ4n) is 2.21. The molecule has 18 heavy (non-hydrogen) atoms. The van der Waals surface area contributed by atoms with Gasteiger partial charge in [0.1, 0.15) is 11.9 Å². The number of hydrogen-bond acceptors (Lipinski definition) is 3. The number of hydrogen-bond donors (Lipinski definition) is 0. The van der Waals surface area contributed by atoms with E-state index in [1.165, 1.54) is 6.42 Å². The van der Waals surface area contributed by atoms with E-state index < -0.39 is 0 Å². The molecule has 111 valence electrons. The van der Waals surface area contributed by atoms with Gasteiger partial charge in [-0.05, 0) is 47.0 Å². The molecule has 0 aromatic heterocycles. The molecule has 1 rings (SSSR count). The van der Waals surface area contributed by atoms with Crippen molar-refractivity contribution in [2.24, 2.45) is 0 Å². The maximum Gasteiger partial charge on any atom is 2.00 e. The van der Waals surface area contributed by atoms with E-state index in [1.54, 1.807) is 0 Å². The minimum absolute atomic E-state index is 0. The first kappa shape index (κ1) is 32.5. The predicted octanol–water partition coefficient (Wildman–Crippen LogP) is -8.94. The first-order chi connectivity index (χ1) is 5.90. The third kappa shape index (κ3) is 8.76. The largest absolute Gasteiger partial charge is 2.00 e. The quantitative estimate of drug-likeness (QED) is 0.261. The standard InChI is InChI=1S/C9H18ClNO2.3ClH.Cu.Na/c1-8(2)6-5-7-9(3,4)11(8)13-12-10;;;;;/h5-7H2,1-4H3;3*1H;;/q;;;;+2;+1/p-3. The monoisotopic (exact) mass is 398 g/mol. The molecule has 0 N–H and O–H groups in total. The van der Waals surface area contributed by atoms with Gasteiger partial charge in [0, 0.05) is 11.1 Å². The fraction of sp³-hybridized carbons (Fsp3) is 1.00. The van der Waals surface area contributed by atoms with Gasteiger partial charge >= 0.3 is 46.6 Å². The number of nitrogens with zero attached hydrogens (tertiary/aromatic N) is 1. The van der Waals surface area contributed by atoms with Gasteiger partial charge in [-0.3, -0.25) is 0 Å². The SMILES string of the molecule is CC1(C)CCCC(C)(C)N1OOCl.[Cl-].[Cl-].[Cl-].[Cu+2].[Na+]. The molecule has 0 spiro atoms. The Morgan fingerprint density at radius 3 is 1.56 bits per heavy atom. The summed E-state index contributed by atoms with van der Waals surface area (Å²) in [6.07, 6.45) is 3.40. The summed E-state index contributed by atoms with van der Waals surface area (Å²) in [7, 11) is 0. The Kier molecular flexibility index (Phi) is 23.9. The number of halogens is 4. The normalized spacial score (nSPS) is 19.8. The summed E-state index contributed by atoms with van der Waals surface area (Å²) < 4.78 is 4.25. The maximum atomic E-state index is 5.13. The van der Waals surface area contributed by atoms with Crippen LogP contribution in [0.4, 0.5) is 0 Å². The molecule has 1 aliphatic heterocycles. The molecular weight excluding hydrogens is 382 g/mol. The van der Waals surface area contributed by atoms with Crippen LogP contribution in [0.25, 0.3) is 0 Å². The molecule has 1 radical (unpaired) electrons. The molecule has 1 aliphatic rings. The fourth-order valence-corrected chi connectivity index (χ4v) is 2.26. The average molecular weight is 401 g/mol. The smallest absolute Gasteiger partial charge is 1.00 e. The molecule has 3 nitrogen and oxygen atoms in total. The zero-order valence-electron chi connectivity index (χ0n) is 11.2. The second-order valence-corrected chi connectivity index (χ2v) is 5.04. The van der Waals surface area contributed by atoms with Crippen molar-refractivity contribution in [1.29, 1.82) is 0 Å². The molecule has 1 fully saturated rings. The number of hydroxylamine groups is 2. The Balaban J connectivity index is -0.000000113. The van der Waals surface area contributed by atoms with Crippen LogP contribution in [0.5, 0.6) is 0 Å². The molecular formula is C9H18Cl4CuNNaO2. The van der Waals surface area contributed by atoms with E-state index in [0.717, 1.165) is 12.8 Å². The Bertz CT molecular complexity index is 185. The third-order valence-corrected chi connectivity index (χ3v) is 2.84. The second-order valence-electron chi connectivity index (χ2n) is 4.91. The molecule has 1 heterocycles. The van der Waals surface area contributed by atoms with Gasteiger partial charge in [0.05, 0.1) is 0 Å². The Hall–Kier alpha value is 2.56. The maximum absolute atomic E-state index is 5.13. The predicted molar refractivity (Wildman–Crippen MR) is 51.9 cm³/mol. The first-order valence-corrected chi connectivity index (χ1v) is 4.97. The van der Waals surface area contributed by atoms with E-state index in [1.807, 2.05) is 5.06 Å². The molecule has 0 bridgehead atoms. The Labute approximate surface area is 166 Å². The molecule has 0 aliphatic carbocycles. The van der Waals surface area contributed by atoms with Crippen molar-refractivity contribution >= 4 is 11.9 Å². The van der Waals surface area contributed by atoms with E-state index >= 15 is 0 Å². The van der Waals surface area contributed by atoms with Crippen LogP contribution in [0, 0.1) is 0 Å². The van der Waals surface area contributed by atoms with Crippen LogP contribution < -0.4 is 66.8 Å². The zero-order chi connectivity index (χ0) is 10.1. The van der Waals surface area contributed by atoms with Crippen LogP contribution in [0.3, 0.4) is 0 Å². The summed E-state index contributed by atoms with van der Waals surface area (Å²) in [5, 5.41) is 1.84. The number of rotatable bonds is 2. The van der Waals surface area contributed by atoms with E-state index in [-0.39, 0.29) is 94.9 Å². The summed E-state index contributed by atoms with van der Waals surface area (Å²) in [4.78, 5) is 5.01. The molecule has 9 heteroatoms. The third-order valence-electron chi connectivity index (χ3n) is 2.78. The van der Waals surface area contributed by atoms with Gasteiger partial charge in [-0.15, -0.1) is 14.5 Å². The van der Waals surface area contributed by atoms with Crippen molar-refractivity contribution in [3.8, 4) is 0 Å². The topological polar surface area (TPSA) is 21.7 Å². The first-order valence-electron chi connectivity index (χ1n) is 4.66. The Morgan fingerprint density at radius 1 is 0.944 bits per heavy atom. The van der Waals surface area contributed by atoms with Crippen LogP contribution in [-0.2, 0) is 26.5 Å². The van der Waals surface area contributed by atoms with Gasteiger partial charge in [0.15, 0.2) is 0 Å². The number of piperidine rings is 1. The zero-order valence-corrected chi connectivity index (χ0v) is 17.2.